The minimum Gasteiger partial charge on any atom is -0.322 e. The summed E-state index contributed by atoms with van der Waals surface area (Å²) in [6.45, 7) is 1.84. The maximum atomic E-state index is 14.4. The van der Waals surface area contributed by atoms with Gasteiger partial charge in [-0.15, -0.1) is 0 Å². The van der Waals surface area contributed by atoms with E-state index < -0.39 is 16.0 Å². The zero-order valence-corrected chi connectivity index (χ0v) is 20.8. The molecule has 168 valence electrons. The number of aryl methyl sites for hydroxylation is 1. The fourth-order valence-corrected chi connectivity index (χ4v) is 4.78. The summed E-state index contributed by atoms with van der Waals surface area (Å²) in [5.41, 5.74) is 2.68. The molecule has 1 amide bonds. The number of halogens is 2. The molecule has 0 bridgehead atoms. The number of anilines is 2. The van der Waals surface area contributed by atoms with Crippen LogP contribution >= 0.6 is 22.6 Å². The Morgan fingerprint density at radius 2 is 1.69 bits per heavy atom. The van der Waals surface area contributed by atoms with Crippen LogP contribution in [-0.2, 0) is 16.8 Å². The van der Waals surface area contributed by atoms with Crippen molar-refractivity contribution in [2.75, 3.05) is 23.7 Å². The van der Waals surface area contributed by atoms with Crippen LogP contribution in [0.5, 0.6) is 0 Å². The Labute approximate surface area is 201 Å². The highest BCUT2D eigenvalue weighted by Crippen LogP contribution is 2.25. The van der Waals surface area contributed by atoms with Gasteiger partial charge >= 0.3 is 10.2 Å². The Morgan fingerprint density at radius 1 is 1.03 bits per heavy atom. The van der Waals surface area contributed by atoms with Gasteiger partial charge in [0.2, 0.25) is 0 Å². The van der Waals surface area contributed by atoms with Gasteiger partial charge in [-0.25, -0.2) is 4.39 Å². The number of para-hydroxylation sites is 1. The van der Waals surface area contributed by atoms with Crippen molar-refractivity contribution in [1.82, 2.24) is 4.31 Å². The molecule has 0 spiro atoms. The van der Waals surface area contributed by atoms with Crippen LogP contribution in [0.3, 0.4) is 0 Å². The number of carbonyl (C=O) groups excluding carboxylic acids is 1. The highest BCUT2D eigenvalue weighted by atomic mass is 127. The first kappa shape index (κ1) is 24.1. The third kappa shape index (κ3) is 5.45. The molecule has 6 nitrogen and oxygen atoms in total. The number of hydrogen-bond donors (Lipinski definition) is 1. The van der Waals surface area contributed by atoms with Crippen molar-refractivity contribution >= 4 is 50.1 Å². The van der Waals surface area contributed by atoms with E-state index in [0.29, 0.717) is 11.1 Å². The zero-order valence-electron chi connectivity index (χ0n) is 17.8. The van der Waals surface area contributed by atoms with E-state index in [4.69, 9.17) is 0 Å². The number of nitrogens with zero attached hydrogens (tertiary/aromatic N) is 2. The first-order valence-corrected chi connectivity index (χ1v) is 12.2. The Morgan fingerprint density at radius 3 is 2.28 bits per heavy atom. The molecular formula is C23H23FIN3O3S. The van der Waals surface area contributed by atoms with Crippen molar-refractivity contribution in [2.45, 2.75) is 13.5 Å². The number of rotatable bonds is 7. The van der Waals surface area contributed by atoms with E-state index in [-0.39, 0.29) is 18.1 Å². The van der Waals surface area contributed by atoms with Gasteiger partial charge in [-0.2, -0.15) is 12.7 Å². The molecule has 0 unspecified atom stereocenters. The first-order chi connectivity index (χ1) is 15.1. The lowest BCUT2D eigenvalue weighted by atomic mass is 10.1. The van der Waals surface area contributed by atoms with Crippen LogP contribution in [-0.4, -0.2) is 32.7 Å². The minimum absolute atomic E-state index is 0.0443. The summed E-state index contributed by atoms with van der Waals surface area (Å²) in [7, 11) is -1.16. The molecule has 32 heavy (non-hydrogen) atoms. The second kappa shape index (κ2) is 9.97. The molecule has 3 aromatic carbocycles. The summed E-state index contributed by atoms with van der Waals surface area (Å²) in [6.07, 6.45) is 0. The number of amides is 1. The van der Waals surface area contributed by atoms with Crippen LogP contribution in [0.15, 0.2) is 66.7 Å². The Kier molecular flexibility index (Phi) is 7.52. The molecule has 0 aliphatic rings. The highest BCUT2D eigenvalue weighted by Gasteiger charge is 2.27. The standard InChI is InChI=1S/C23H23FIN3O3S/c1-16-14-19(25)12-13-21(16)26-23(29)18-10-8-17(9-11-18)15-28(32(30,31)27(2)3)22-7-5-4-6-20(22)24/h4-14H,15H2,1-3H3,(H,26,29). The number of carbonyl (C=O) groups is 1. The smallest absolute Gasteiger partial charge is 0.303 e. The van der Waals surface area contributed by atoms with Crippen LogP contribution in [0, 0.1) is 16.3 Å². The summed E-state index contributed by atoms with van der Waals surface area (Å²) >= 11 is 2.21. The molecule has 1 N–H and O–H groups in total. The number of benzene rings is 3. The molecule has 0 saturated heterocycles. The highest BCUT2D eigenvalue weighted by molar-refractivity contribution is 14.1. The summed E-state index contributed by atoms with van der Waals surface area (Å²) in [4.78, 5) is 12.6. The minimum atomic E-state index is -3.94. The third-order valence-electron chi connectivity index (χ3n) is 4.84. The second-order valence-electron chi connectivity index (χ2n) is 7.36. The lowest BCUT2D eigenvalue weighted by Gasteiger charge is -2.27. The molecule has 0 aliphatic heterocycles. The summed E-state index contributed by atoms with van der Waals surface area (Å²) in [5.74, 6) is -0.908. The molecular weight excluding hydrogens is 544 g/mol. The van der Waals surface area contributed by atoms with E-state index in [1.807, 2.05) is 25.1 Å². The van der Waals surface area contributed by atoms with Crippen LogP contribution in [0.25, 0.3) is 0 Å². The molecule has 0 heterocycles. The molecule has 0 radical (unpaired) electrons. The molecule has 0 aliphatic carbocycles. The average molecular weight is 567 g/mol. The van der Waals surface area contributed by atoms with E-state index >= 15 is 0 Å². The van der Waals surface area contributed by atoms with Gasteiger partial charge in [-0.05, 0) is 83.1 Å². The molecule has 3 rings (SSSR count). The second-order valence-corrected chi connectivity index (χ2v) is 10.7. The van der Waals surface area contributed by atoms with E-state index in [1.165, 1.54) is 32.3 Å². The maximum Gasteiger partial charge on any atom is 0.303 e. The van der Waals surface area contributed by atoms with Gasteiger partial charge in [0.05, 0.1) is 12.2 Å². The third-order valence-corrected chi connectivity index (χ3v) is 7.32. The van der Waals surface area contributed by atoms with Crippen LogP contribution in [0.4, 0.5) is 15.8 Å². The summed E-state index contributed by atoms with van der Waals surface area (Å²) in [5, 5.41) is 2.88. The summed E-state index contributed by atoms with van der Waals surface area (Å²) in [6, 6.07) is 18.0. The first-order valence-electron chi connectivity index (χ1n) is 9.71. The van der Waals surface area contributed by atoms with Crippen molar-refractivity contribution in [1.29, 1.82) is 0 Å². The zero-order chi connectivity index (χ0) is 23.5. The van der Waals surface area contributed by atoms with E-state index in [2.05, 4.69) is 27.9 Å². The fraction of sp³-hybridized carbons (Fsp3) is 0.174. The van der Waals surface area contributed by atoms with E-state index in [1.54, 1.807) is 30.3 Å². The number of hydrogen-bond acceptors (Lipinski definition) is 3. The fourth-order valence-electron chi connectivity index (χ4n) is 3.03. The van der Waals surface area contributed by atoms with Gasteiger partial charge in [0.1, 0.15) is 5.82 Å². The topological polar surface area (TPSA) is 69.7 Å². The average Bonchev–Trinajstić information content (AvgIpc) is 2.75. The van der Waals surface area contributed by atoms with Crippen molar-refractivity contribution in [3.8, 4) is 0 Å². The largest absolute Gasteiger partial charge is 0.322 e. The SMILES string of the molecule is Cc1cc(I)ccc1NC(=O)c1ccc(CN(c2ccccc2F)S(=O)(=O)N(C)C)cc1. The maximum absolute atomic E-state index is 14.4. The van der Waals surface area contributed by atoms with Crippen molar-refractivity contribution < 1.29 is 17.6 Å². The molecule has 0 fully saturated rings. The van der Waals surface area contributed by atoms with Crippen LogP contribution in [0.2, 0.25) is 0 Å². The van der Waals surface area contributed by atoms with Crippen molar-refractivity contribution in [3.05, 3.63) is 92.8 Å². The Balaban J connectivity index is 1.83. The quantitative estimate of drug-likeness (QED) is 0.417. The van der Waals surface area contributed by atoms with Gasteiger partial charge in [0.15, 0.2) is 0 Å². The van der Waals surface area contributed by atoms with E-state index in [0.717, 1.165) is 23.4 Å². The predicted octanol–water partition coefficient (Wildman–Crippen LogP) is 4.80. The molecule has 0 aromatic heterocycles. The van der Waals surface area contributed by atoms with Crippen molar-refractivity contribution in [3.63, 3.8) is 0 Å². The molecule has 9 heteroatoms. The monoisotopic (exact) mass is 567 g/mol. The number of nitrogens with one attached hydrogen (secondary N) is 1. The lowest BCUT2D eigenvalue weighted by Crippen LogP contribution is -2.40. The van der Waals surface area contributed by atoms with Crippen LogP contribution in [0.1, 0.15) is 21.5 Å². The van der Waals surface area contributed by atoms with Crippen molar-refractivity contribution in [2.24, 2.45) is 0 Å². The van der Waals surface area contributed by atoms with Crippen LogP contribution < -0.4 is 9.62 Å². The normalized spacial score (nSPS) is 11.4. The van der Waals surface area contributed by atoms with Gasteiger partial charge in [0.25, 0.3) is 5.91 Å². The Hall–Kier alpha value is -2.50. The van der Waals surface area contributed by atoms with Gasteiger partial charge in [-0.3, -0.25) is 9.10 Å². The van der Waals surface area contributed by atoms with Gasteiger partial charge < -0.3 is 5.32 Å². The van der Waals surface area contributed by atoms with E-state index in [9.17, 15) is 17.6 Å². The summed E-state index contributed by atoms with van der Waals surface area (Å²) < 4.78 is 43.2. The van der Waals surface area contributed by atoms with Gasteiger partial charge in [0, 0.05) is 28.9 Å². The molecule has 0 saturated carbocycles. The lowest BCUT2D eigenvalue weighted by molar-refractivity contribution is 0.102. The molecule has 3 aromatic rings. The Bertz CT molecular complexity index is 1230. The van der Waals surface area contributed by atoms with Gasteiger partial charge in [-0.1, -0.05) is 24.3 Å². The predicted molar refractivity (Wildman–Crippen MR) is 133 cm³/mol. The molecule has 0 atom stereocenters.